The Morgan fingerprint density at radius 3 is 2.67 bits per heavy atom. The topological polar surface area (TPSA) is 37.1 Å². The fraction of sp³-hybridized carbons (Fsp3) is 0. The van der Waals surface area contributed by atoms with Gasteiger partial charge < -0.3 is 0 Å². The third-order valence-electron chi connectivity index (χ3n) is 0.643. The van der Waals surface area contributed by atoms with E-state index in [1.54, 1.807) is 0 Å². The molecular formula is C2H3FN3P3. The highest BCUT2D eigenvalue weighted by Crippen LogP contribution is 2.60. The Morgan fingerprint density at radius 2 is 2.33 bits per heavy atom. The predicted molar refractivity (Wildman–Crippen MR) is 39.3 cm³/mol. The van der Waals surface area contributed by atoms with Crippen LogP contribution < -0.4 is 0 Å². The molecule has 1 aliphatic rings. The normalized spacial score (nSPS) is 35.2. The van der Waals surface area contributed by atoms with Crippen molar-refractivity contribution in [1.29, 1.82) is 0 Å². The summed E-state index contributed by atoms with van der Waals surface area (Å²) in [5.74, 6) is 1.17. The lowest BCUT2D eigenvalue weighted by Gasteiger charge is -1.99. The van der Waals surface area contributed by atoms with Crippen LogP contribution >= 0.6 is 24.6 Å². The van der Waals surface area contributed by atoms with Gasteiger partial charge in [-0.25, -0.2) is 0 Å². The Balaban J connectivity index is 3.06. The van der Waals surface area contributed by atoms with Gasteiger partial charge in [0.15, 0.2) is 17.0 Å². The molecule has 0 amide bonds. The van der Waals surface area contributed by atoms with E-state index < -0.39 is 7.52 Å². The first-order valence-corrected chi connectivity index (χ1v) is 5.29. The van der Waals surface area contributed by atoms with Crippen molar-refractivity contribution >= 4 is 24.6 Å². The fourth-order valence-electron chi connectivity index (χ4n) is 0.257. The second-order valence-electron chi connectivity index (χ2n) is 1.20. The summed E-state index contributed by atoms with van der Waals surface area (Å²) in [5.41, 5.74) is 0. The van der Waals surface area contributed by atoms with Gasteiger partial charge in [-0.15, -0.1) is 0 Å². The molecule has 0 radical (unpaired) electrons. The summed E-state index contributed by atoms with van der Waals surface area (Å²) in [4.78, 5) is 0. The number of halogens is 1. The zero-order valence-corrected chi connectivity index (χ0v) is 7.03. The highest BCUT2D eigenvalue weighted by Gasteiger charge is 2.11. The van der Waals surface area contributed by atoms with Crippen molar-refractivity contribution in [2.45, 2.75) is 0 Å². The van der Waals surface area contributed by atoms with Gasteiger partial charge in [0, 0.05) is 5.82 Å². The Morgan fingerprint density at radius 1 is 1.56 bits per heavy atom. The van der Waals surface area contributed by atoms with Crippen molar-refractivity contribution < 1.29 is 4.20 Å². The maximum atomic E-state index is 12.9. The molecular weight excluding hydrogens is 178 g/mol. The van der Waals surface area contributed by atoms with E-state index in [-0.39, 0.29) is 0 Å². The van der Waals surface area contributed by atoms with E-state index in [1.165, 1.54) is 5.82 Å². The van der Waals surface area contributed by atoms with Gasteiger partial charge in [0.05, 0.1) is 0 Å². The highest BCUT2D eigenvalue weighted by atomic mass is 31.2. The van der Waals surface area contributed by atoms with Crippen LogP contribution in [-0.4, -0.2) is 0 Å². The SMILES string of the molecule is C=CP1(F)=NP=NP=N1. The van der Waals surface area contributed by atoms with Crippen molar-refractivity contribution in [3.63, 3.8) is 0 Å². The molecule has 9 heavy (non-hydrogen) atoms. The second kappa shape index (κ2) is 2.79. The Kier molecular flexibility index (Phi) is 2.23. The zero-order valence-electron chi connectivity index (χ0n) is 4.35. The van der Waals surface area contributed by atoms with Crippen molar-refractivity contribution in [1.82, 2.24) is 0 Å². The van der Waals surface area contributed by atoms with Crippen molar-refractivity contribution in [3.05, 3.63) is 12.4 Å². The molecule has 1 heterocycles. The molecule has 0 aromatic heterocycles. The van der Waals surface area contributed by atoms with Crippen molar-refractivity contribution in [3.8, 4) is 0 Å². The molecule has 0 spiro atoms. The Labute approximate surface area is 55.5 Å². The first-order chi connectivity index (χ1) is 4.27. The van der Waals surface area contributed by atoms with Gasteiger partial charge in [0.2, 0.25) is 0 Å². The van der Waals surface area contributed by atoms with E-state index in [0.29, 0.717) is 17.0 Å². The predicted octanol–water partition coefficient (Wildman–Crippen LogP) is 4.23. The number of rotatable bonds is 1. The first kappa shape index (κ1) is 7.21. The smallest absolute Gasteiger partial charge is 0.178 e. The van der Waals surface area contributed by atoms with Crippen molar-refractivity contribution in [2.24, 2.45) is 13.5 Å². The van der Waals surface area contributed by atoms with E-state index >= 15 is 0 Å². The minimum atomic E-state index is -2.95. The highest BCUT2D eigenvalue weighted by molar-refractivity contribution is 7.70. The molecule has 0 saturated carbocycles. The molecule has 1 unspecified atom stereocenters. The molecule has 0 bridgehead atoms. The van der Waals surface area contributed by atoms with E-state index in [4.69, 9.17) is 0 Å². The molecule has 0 saturated heterocycles. The molecule has 0 aliphatic carbocycles. The summed E-state index contributed by atoms with van der Waals surface area (Å²) in [6, 6.07) is 0. The summed E-state index contributed by atoms with van der Waals surface area (Å²) >= 11 is 0. The van der Waals surface area contributed by atoms with Crippen LogP contribution in [0, 0.1) is 0 Å². The average molecular weight is 181 g/mol. The largest absolute Gasteiger partial charge is 0.276 e. The van der Waals surface area contributed by atoms with Crippen LogP contribution in [0.3, 0.4) is 0 Å². The van der Waals surface area contributed by atoms with Gasteiger partial charge >= 0.3 is 0 Å². The summed E-state index contributed by atoms with van der Waals surface area (Å²) in [6.45, 7) is 3.29. The van der Waals surface area contributed by atoms with Crippen LogP contribution in [0.5, 0.6) is 0 Å². The Hall–Kier alpha value is 0.1000. The fourth-order valence-corrected chi connectivity index (χ4v) is 3.28. The molecule has 1 atom stereocenters. The lowest BCUT2D eigenvalue weighted by atomic mass is 11.3. The van der Waals surface area contributed by atoms with E-state index in [2.05, 4.69) is 20.1 Å². The molecule has 0 aromatic rings. The molecule has 0 fully saturated rings. The maximum Gasteiger partial charge on any atom is 0.276 e. The van der Waals surface area contributed by atoms with Gasteiger partial charge in [0.1, 0.15) is 0 Å². The van der Waals surface area contributed by atoms with Gasteiger partial charge in [-0.3, -0.25) is 0 Å². The summed E-state index contributed by atoms with van der Waals surface area (Å²) in [7, 11) is -2.07. The average Bonchev–Trinajstić information content (AvgIpc) is 1.90. The molecule has 0 N–H and O–H groups in total. The quantitative estimate of drug-likeness (QED) is 0.542. The summed E-state index contributed by atoms with van der Waals surface area (Å²) in [6.07, 6.45) is 0. The zero-order chi connectivity index (χ0) is 6.74. The third-order valence-corrected chi connectivity index (χ3v) is 4.39. The van der Waals surface area contributed by atoms with Crippen LogP contribution in [0.15, 0.2) is 25.9 Å². The second-order valence-corrected chi connectivity index (χ2v) is 5.21. The van der Waals surface area contributed by atoms with Crippen LogP contribution in [-0.2, 0) is 0 Å². The van der Waals surface area contributed by atoms with E-state index in [0.717, 1.165) is 0 Å². The lowest BCUT2D eigenvalue weighted by Crippen LogP contribution is -1.54. The summed E-state index contributed by atoms with van der Waals surface area (Å²) in [5, 5.41) is 0. The summed E-state index contributed by atoms with van der Waals surface area (Å²) < 4.78 is 23.6. The van der Waals surface area contributed by atoms with Gasteiger partial charge in [-0.2, -0.15) is 17.7 Å². The minimum Gasteiger partial charge on any atom is -0.178 e. The van der Waals surface area contributed by atoms with Crippen LogP contribution in [0.4, 0.5) is 4.20 Å². The van der Waals surface area contributed by atoms with Crippen LogP contribution in [0.1, 0.15) is 0 Å². The van der Waals surface area contributed by atoms with Crippen LogP contribution in [0.25, 0.3) is 0 Å². The van der Waals surface area contributed by atoms with Gasteiger partial charge in [-0.05, 0) is 0 Å². The molecule has 3 nitrogen and oxygen atoms in total. The molecule has 1 aliphatic heterocycles. The Bertz CT molecular complexity index is 231. The monoisotopic (exact) mass is 181 g/mol. The van der Waals surface area contributed by atoms with Crippen LogP contribution in [0.2, 0.25) is 0 Å². The maximum absolute atomic E-state index is 12.9. The molecule has 1 rings (SSSR count). The molecule has 48 valence electrons. The number of hydrogen-bond acceptors (Lipinski definition) is 3. The van der Waals surface area contributed by atoms with Gasteiger partial charge in [0.25, 0.3) is 7.52 Å². The number of nitrogens with zero attached hydrogens (tertiary/aromatic N) is 3. The van der Waals surface area contributed by atoms with E-state index in [1.807, 2.05) is 0 Å². The molecule has 0 aromatic carbocycles. The van der Waals surface area contributed by atoms with E-state index in [9.17, 15) is 4.20 Å². The molecule has 7 heteroatoms. The lowest BCUT2D eigenvalue weighted by molar-refractivity contribution is 0.889. The van der Waals surface area contributed by atoms with Crippen molar-refractivity contribution in [2.75, 3.05) is 0 Å². The standard InChI is InChI=1S/C2H3FN3P3/c1-2-9(3)5-7-4-8-6-9/h2H,1H2. The van der Waals surface area contributed by atoms with Gasteiger partial charge in [-0.1, -0.05) is 6.58 Å². The first-order valence-electron chi connectivity index (χ1n) is 2.04. The minimum absolute atomic E-state index is 0.440. The third kappa shape index (κ3) is 1.76. The number of hydrogen-bond donors (Lipinski definition) is 0.